The summed E-state index contributed by atoms with van der Waals surface area (Å²) in [5, 5.41) is 2.64. The zero-order valence-corrected chi connectivity index (χ0v) is 16.4. The molecule has 2 N–H and O–H groups in total. The summed E-state index contributed by atoms with van der Waals surface area (Å²) in [5.41, 5.74) is 0. The number of nitrogens with one attached hydrogen (secondary N) is 2. The van der Waals surface area contributed by atoms with Crippen molar-refractivity contribution >= 4 is 43.7 Å². The van der Waals surface area contributed by atoms with E-state index in [-0.39, 0.29) is 55.0 Å². The Morgan fingerprint density at radius 3 is 2.31 bits per heavy atom. The maximum absolute atomic E-state index is 12.1. The van der Waals surface area contributed by atoms with Crippen LogP contribution >= 0.6 is 15.9 Å². The molecule has 1 heterocycles. The van der Waals surface area contributed by atoms with Gasteiger partial charge in [-0.1, -0.05) is 15.9 Å². The number of rotatable bonds is 9. The van der Waals surface area contributed by atoms with Crippen LogP contribution in [0.5, 0.6) is 0 Å². The highest BCUT2D eigenvalue weighted by atomic mass is 79.9. The Morgan fingerprint density at radius 1 is 1.08 bits per heavy atom. The number of benzene rings is 1. The SMILES string of the molecule is O=C(CCNS(=O)(=O)c1ccc(Br)cc1)NCCCN1C(=O)CCC1=O. The third kappa shape index (κ3) is 5.89. The third-order valence-electron chi connectivity index (χ3n) is 3.80. The molecule has 1 fully saturated rings. The number of hydrogen-bond donors (Lipinski definition) is 2. The van der Waals surface area contributed by atoms with Crippen molar-refractivity contribution in [2.45, 2.75) is 30.6 Å². The van der Waals surface area contributed by atoms with Gasteiger partial charge in [0.25, 0.3) is 0 Å². The maximum Gasteiger partial charge on any atom is 0.240 e. The molecule has 3 amide bonds. The molecule has 0 atom stereocenters. The van der Waals surface area contributed by atoms with Gasteiger partial charge in [-0.15, -0.1) is 0 Å². The van der Waals surface area contributed by atoms with E-state index in [1.54, 1.807) is 12.1 Å². The molecular formula is C16H20BrN3O5S. The highest BCUT2D eigenvalue weighted by molar-refractivity contribution is 9.10. The molecule has 1 aromatic carbocycles. The van der Waals surface area contributed by atoms with E-state index >= 15 is 0 Å². The summed E-state index contributed by atoms with van der Waals surface area (Å²) in [6.45, 7) is 0.580. The monoisotopic (exact) mass is 445 g/mol. The van der Waals surface area contributed by atoms with Crippen LogP contribution in [0.2, 0.25) is 0 Å². The Morgan fingerprint density at radius 2 is 1.69 bits per heavy atom. The summed E-state index contributed by atoms with van der Waals surface area (Å²) < 4.78 is 27.3. The smallest absolute Gasteiger partial charge is 0.240 e. The Hall–Kier alpha value is -1.78. The van der Waals surface area contributed by atoms with Crippen molar-refractivity contribution in [1.82, 2.24) is 14.9 Å². The number of halogens is 1. The fourth-order valence-electron chi connectivity index (χ4n) is 2.42. The minimum atomic E-state index is -3.65. The fourth-order valence-corrected chi connectivity index (χ4v) is 3.72. The lowest BCUT2D eigenvalue weighted by molar-refractivity contribution is -0.138. The summed E-state index contributed by atoms with van der Waals surface area (Å²) in [7, 11) is -3.65. The normalized spacial score (nSPS) is 14.7. The molecule has 142 valence electrons. The number of nitrogens with zero attached hydrogens (tertiary/aromatic N) is 1. The molecule has 1 saturated heterocycles. The van der Waals surface area contributed by atoms with Gasteiger partial charge in [-0.3, -0.25) is 19.3 Å². The first-order chi connectivity index (χ1) is 12.3. The molecule has 0 spiro atoms. The van der Waals surface area contributed by atoms with E-state index < -0.39 is 10.0 Å². The number of carbonyl (C=O) groups is 3. The lowest BCUT2D eigenvalue weighted by Crippen LogP contribution is -2.34. The van der Waals surface area contributed by atoms with Gasteiger partial charge in [-0.2, -0.15) is 0 Å². The van der Waals surface area contributed by atoms with E-state index in [1.807, 2.05) is 0 Å². The van der Waals surface area contributed by atoms with Gasteiger partial charge in [-0.05, 0) is 30.7 Å². The van der Waals surface area contributed by atoms with E-state index in [0.29, 0.717) is 13.0 Å². The average molecular weight is 446 g/mol. The second kappa shape index (κ2) is 9.24. The summed E-state index contributed by atoms with van der Waals surface area (Å²) in [4.78, 5) is 35.9. The van der Waals surface area contributed by atoms with Crippen molar-refractivity contribution in [3.63, 3.8) is 0 Å². The van der Waals surface area contributed by atoms with Crippen LogP contribution in [0.4, 0.5) is 0 Å². The molecule has 26 heavy (non-hydrogen) atoms. The van der Waals surface area contributed by atoms with Crippen LogP contribution < -0.4 is 10.0 Å². The van der Waals surface area contributed by atoms with Gasteiger partial charge in [-0.25, -0.2) is 13.1 Å². The summed E-state index contributed by atoms with van der Waals surface area (Å²) in [6, 6.07) is 6.18. The van der Waals surface area contributed by atoms with Crippen LogP contribution in [0, 0.1) is 0 Å². The molecule has 0 saturated carbocycles. The fraction of sp³-hybridized carbons (Fsp3) is 0.438. The molecule has 2 rings (SSSR count). The van der Waals surface area contributed by atoms with Crippen molar-refractivity contribution in [3.8, 4) is 0 Å². The quantitative estimate of drug-likeness (QED) is 0.430. The van der Waals surface area contributed by atoms with E-state index in [1.165, 1.54) is 17.0 Å². The minimum Gasteiger partial charge on any atom is -0.356 e. The molecule has 0 bridgehead atoms. The zero-order chi connectivity index (χ0) is 19.2. The van der Waals surface area contributed by atoms with Crippen LogP contribution in [0.1, 0.15) is 25.7 Å². The van der Waals surface area contributed by atoms with Gasteiger partial charge in [0.2, 0.25) is 27.7 Å². The summed E-state index contributed by atoms with van der Waals surface area (Å²) in [6.07, 6.45) is 0.971. The molecule has 1 aliphatic heterocycles. The minimum absolute atomic E-state index is 0.00265. The van der Waals surface area contributed by atoms with E-state index in [9.17, 15) is 22.8 Å². The first-order valence-electron chi connectivity index (χ1n) is 8.15. The van der Waals surface area contributed by atoms with Crippen LogP contribution in [0.3, 0.4) is 0 Å². The van der Waals surface area contributed by atoms with E-state index in [0.717, 1.165) is 4.47 Å². The van der Waals surface area contributed by atoms with Crippen molar-refractivity contribution < 1.29 is 22.8 Å². The first kappa shape index (κ1) is 20.5. The molecular weight excluding hydrogens is 426 g/mol. The predicted octanol–water partition coefficient (Wildman–Crippen LogP) is 0.773. The number of amides is 3. The van der Waals surface area contributed by atoms with E-state index in [2.05, 4.69) is 26.0 Å². The van der Waals surface area contributed by atoms with Crippen LogP contribution in [0.25, 0.3) is 0 Å². The highest BCUT2D eigenvalue weighted by Crippen LogP contribution is 2.14. The predicted molar refractivity (Wildman–Crippen MR) is 97.5 cm³/mol. The second-order valence-corrected chi connectivity index (χ2v) is 8.43. The second-order valence-electron chi connectivity index (χ2n) is 5.74. The molecule has 0 aromatic heterocycles. The molecule has 0 aliphatic carbocycles. The summed E-state index contributed by atoms with van der Waals surface area (Å²) in [5.74, 6) is -0.657. The lowest BCUT2D eigenvalue weighted by Gasteiger charge is -2.13. The van der Waals surface area contributed by atoms with Gasteiger partial charge in [0.1, 0.15) is 0 Å². The van der Waals surface area contributed by atoms with Crippen LogP contribution in [0.15, 0.2) is 33.6 Å². The highest BCUT2D eigenvalue weighted by Gasteiger charge is 2.27. The van der Waals surface area contributed by atoms with Crippen LogP contribution in [-0.4, -0.2) is 50.7 Å². The zero-order valence-electron chi connectivity index (χ0n) is 14.0. The van der Waals surface area contributed by atoms with Crippen molar-refractivity contribution in [2.24, 2.45) is 0 Å². The third-order valence-corrected chi connectivity index (χ3v) is 5.81. The van der Waals surface area contributed by atoms with Crippen LogP contribution in [-0.2, 0) is 24.4 Å². The van der Waals surface area contributed by atoms with Gasteiger partial charge in [0.15, 0.2) is 0 Å². The number of sulfonamides is 1. The number of carbonyl (C=O) groups excluding carboxylic acids is 3. The van der Waals surface area contributed by atoms with E-state index in [4.69, 9.17) is 0 Å². The topological polar surface area (TPSA) is 113 Å². The Balaban J connectivity index is 1.65. The van der Waals surface area contributed by atoms with Crippen molar-refractivity contribution in [2.75, 3.05) is 19.6 Å². The Labute approximate surface area is 160 Å². The Kier molecular flexibility index (Phi) is 7.30. The standard InChI is InChI=1S/C16H20BrN3O5S/c17-12-2-4-13(5-3-12)26(24,25)19-10-8-14(21)18-9-1-11-20-15(22)6-7-16(20)23/h2-5,19H,1,6-11H2,(H,18,21). The van der Waals surface area contributed by atoms with Crippen molar-refractivity contribution in [3.05, 3.63) is 28.7 Å². The van der Waals surface area contributed by atoms with Gasteiger partial charge >= 0.3 is 0 Å². The largest absolute Gasteiger partial charge is 0.356 e. The molecule has 0 radical (unpaired) electrons. The number of imide groups is 1. The lowest BCUT2D eigenvalue weighted by atomic mass is 10.3. The molecule has 1 aromatic rings. The van der Waals surface area contributed by atoms with Crippen molar-refractivity contribution in [1.29, 1.82) is 0 Å². The van der Waals surface area contributed by atoms with Gasteiger partial charge < -0.3 is 5.32 Å². The molecule has 0 unspecified atom stereocenters. The number of likely N-dealkylation sites (tertiary alicyclic amines) is 1. The molecule has 1 aliphatic rings. The number of hydrogen-bond acceptors (Lipinski definition) is 5. The summed E-state index contributed by atoms with van der Waals surface area (Å²) >= 11 is 3.23. The maximum atomic E-state index is 12.1. The molecule has 10 heteroatoms. The average Bonchev–Trinajstić information content (AvgIpc) is 2.90. The Bertz CT molecular complexity index is 764. The molecule has 8 nitrogen and oxygen atoms in total. The van der Waals surface area contributed by atoms with Gasteiger partial charge in [0.05, 0.1) is 4.90 Å². The van der Waals surface area contributed by atoms with Gasteiger partial charge in [0, 0.05) is 43.4 Å². The first-order valence-corrected chi connectivity index (χ1v) is 10.4.